The van der Waals surface area contributed by atoms with Gasteiger partial charge in [-0.05, 0) is 24.1 Å². The van der Waals surface area contributed by atoms with Crippen LogP contribution in [0, 0.1) is 6.92 Å². The summed E-state index contributed by atoms with van der Waals surface area (Å²) in [7, 11) is 0. The largest absolute Gasteiger partial charge is 0.383 e. The number of carbonyl (C=O) groups excluding carboxylic acids is 1. The van der Waals surface area contributed by atoms with Crippen LogP contribution < -0.4 is 5.73 Å². The van der Waals surface area contributed by atoms with Crippen LogP contribution >= 0.6 is 11.6 Å². The predicted octanol–water partition coefficient (Wildman–Crippen LogP) is 3.05. The van der Waals surface area contributed by atoms with Crippen LogP contribution in [0.2, 0.25) is 5.02 Å². The van der Waals surface area contributed by atoms with Gasteiger partial charge in [-0.15, -0.1) is 0 Å². The Morgan fingerprint density at radius 1 is 1.39 bits per heavy atom. The zero-order valence-electron chi connectivity index (χ0n) is 9.98. The minimum absolute atomic E-state index is 0.0724. The Morgan fingerprint density at radius 3 is 2.83 bits per heavy atom. The molecule has 2 aromatic rings. The van der Waals surface area contributed by atoms with Gasteiger partial charge in [0.1, 0.15) is 5.82 Å². The van der Waals surface area contributed by atoms with Crippen molar-refractivity contribution in [3.05, 3.63) is 58.2 Å². The molecule has 0 saturated heterocycles. The van der Waals surface area contributed by atoms with Crippen molar-refractivity contribution < 1.29 is 4.79 Å². The fraction of sp³-hybridized carbons (Fsp3) is 0.143. The average molecular weight is 261 g/mol. The summed E-state index contributed by atoms with van der Waals surface area (Å²) in [6.07, 6.45) is 1.74. The Hall–Kier alpha value is -1.87. The number of carbonyl (C=O) groups is 1. The molecule has 0 amide bonds. The number of hydrogen-bond donors (Lipinski definition) is 1. The minimum atomic E-state index is -0.0724. The number of hydrogen-bond acceptors (Lipinski definition) is 3. The molecule has 4 heteroatoms. The molecule has 0 aliphatic heterocycles. The van der Waals surface area contributed by atoms with Crippen LogP contribution in [0.25, 0.3) is 0 Å². The van der Waals surface area contributed by atoms with Crippen molar-refractivity contribution in [3.8, 4) is 0 Å². The van der Waals surface area contributed by atoms with Gasteiger partial charge >= 0.3 is 0 Å². The SMILES string of the molecule is Cc1ccccc1CC(=O)c1cc(Cl)cnc1N. The number of nitrogens with zero attached hydrogens (tertiary/aromatic N) is 1. The van der Waals surface area contributed by atoms with Gasteiger partial charge in [0, 0.05) is 12.6 Å². The van der Waals surface area contributed by atoms with Crippen LogP contribution in [0.3, 0.4) is 0 Å². The molecule has 0 spiro atoms. The number of pyridine rings is 1. The fourth-order valence-electron chi connectivity index (χ4n) is 1.75. The highest BCUT2D eigenvalue weighted by atomic mass is 35.5. The summed E-state index contributed by atoms with van der Waals surface area (Å²) < 4.78 is 0. The molecule has 0 saturated carbocycles. The highest BCUT2D eigenvalue weighted by Crippen LogP contribution is 2.18. The average Bonchev–Trinajstić information content (AvgIpc) is 2.35. The van der Waals surface area contributed by atoms with Crippen LogP contribution in [-0.2, 0) is 6.42 Å². The number of anilines is 1. The third-order valence-corrected chi connectivity index (χ3v) is 3.00. The van der Waals surface area contributed by atoms with E-state index in [1.165, 1.54) is 6.20 Å². The number of rotatable bonds is 3. The molecule has 0 bridgehead atoms. The molecule has 1 heterocycles. The molecular weight excluding hydrogens is 248 g/mol. The van der Waals surface area contributed by atoms with E-state index in [9.17, 15) is 4.79 Å². The van der Waals surface area contributed by atoms with Crippen LogP contribution in [0.15, 0.2) is 36.5 Å². The summed E-state index contributed by atoms with van der Waals surface area (Å²) in [6, 6.07) is 9.32. The Morgan fingerprint density at radius 2 is 2.11 bits per heavy atom. The monoisotopic (exact) mass is 260 g/mol. The smallest absolute Gasteiger partial charge is 0.170 e. The van der Waals surface area contributed by atoms with E-state index < -0.39 is 0 Å². The third kappa shape index (κ3) is 2.68. The molecule has 0 unspecified atom stereocenters. The van der Waals surface area contributed by atoms with Crippen molar-refractivity contribution in [2.45, 2.75) is 13.3 Å². The van der Waals surface area contributed by atoms with Gasteiger partial charge < -0.3 is 5.73 Å². The maximum atomic E-state index is 12.2. The standard InChI is InChI=1S/C14H13ClN2O/c1-9-4-2-3-5-10(9)6-13(18)12-7-11(15)8-17-14(12)16/h2-5,7-8H,6H2,1H3,(H2,16,17). The maximum Gasteiger partial charge on any atom is 0.170 e. The summed E-state index contributed by atoms with van der Waals surface area (Å²) in [5.74, 6) is 0.148. The highest BCUT2D eigenvalue weighted by molar-refractivity contribution is 6.31. The van der Waals surface area contributed by atoms with Crippen molar-refractivity contribution >= 4 is 23.2 Å². The van der Waals surface area contributed by atoms with Gasteiger partial charge in [-0.1, -0.05) is 35.9 Å². The lowest BCUT2D eigenvalue weighted by atomic mass is 10.00. The van der Waals surface area contributed by atoms with Crippen LogP contribution in [-0.4, -0.2) is 10.8 Å². The van der Waals surface area contributed by atoms with E-state index in [1.54, 1.807) is 6.07 Å². The lowest BCUT2D eigenvalue weighted by Gasteiger charge is -2.06. The first kappa shape index (κ1) is 12.6. The quantitative estimate of drug-likeness (QED) is 0.863. The molecule has 0 aliphatic carbocycles. The van der Waals surface area contributed by atoms with Crippen molar-refractivity contribution in [2.75, 3.05) is 5.73 Å². The molecule has 3 nitrogen and oxygen atoms in total. The van der Waals surface area contributed by atoms with E-state index in [0.29, 0.717) is 17.0 Å². The number of Topliss-reactive ketones (excluding diaryl/α,β-unsaturated/α-hetero) is 1. The molecule has 18 heavy (non-hydrogen) atoms. The molecule has 0 atom stereocenters. The van der Waals surface area contributed by atoms with Crippen LogP contribution in [0.1, 0.15) is 21.5 Å². The van der Waals surface area contributed by atoms with Gasteiger partial charge in [0.25, 0.3) is 0 Å². The van der Waals surface area contributed by atoms with E-state index in [4.69, 9.17) is 17.3 Å². The molecule has 0 aliphatic rings. The van der Waals surface area contributed by atoms with E-state index in [2.05, 4.69) is 4.98 Å². The van der Waals surface area contributed by atoms with Crippen molar-refractivity contribution in [3.63, 3.8) is 0 Å². The Balaban J connectivity index is 2.28. The number of benzene rings is 1. The van der Waals surface area contributed by atoms with Crippen molar-refractivity contribution in [2.24, 2.45) is 0 Å². The highest BCUT2D eigenvalue weighted by Gasteiger charge is 2.13. The summed E-state index contributed by atoms with van der Waals surface area (Å²) in [5, 5.41) is 0.414. The van der Waals surface area contributed by atoms with Gasteiger partial charge in [0.05, 0.1) is 10.6 Å². The number of nitrogen functional groups attached to an aromatic ring is 1. The zero-order chi connectivity index (χ0) is 13.1. The summed E-state index contributed by atoms with van der Waals surface area (Å²) in [6.45, 7) is 1.97. The molecule has 1 aromatic heterocycles. The first-order valence-electron chi connectivity index (χ1n) is 5.56. The molecule has 0 radical (unpaired) electrons. The summed E-state index contributed by atoms with van der Waals surface area (Å²) in [4.78, 5) is 16.0. The third-order valence-electron chi connectivity index (χ3n) is 2.80. The van der Waals surface area contributed by atoms with E-state index in [-0.39, 0.29) is 11.6 Å². The fourth-order valence-corrected chi connectivity index (χ4v) is 1.91. The normalized spacial score (nSPS) is 10.3. The number of aromatic nitrogens is 1. The Labute approximate surface area is 111 Å². The summed E-state index contributed by atoms with van der Waals surface area (Å²) >= 11 is 5.82. The summed E-state index contributed by atoms with van der Waals surface area (Å²) in [5.41, 5.74) is 8.14. The van der Waals surface area contributed by atoms with Gasteiger partial charge in [-0.3, -0.25) is 4.79 Å². The lowest BCUT2D eigenvalue weighted by Crippen LogP contribution is -2.09. The Bertz CT molecular complexity index is 596. The topological polar surface area (TPSA) is 56.0 Å². The lowest BCUT2D eigenvalue weighted by molar-refractivity contribution is 0.0993. The molecule has 2 N–H and O–H groups in total. The van der Waals surface area contributed by atoms with Crippen molar-refractivity contribution in [1.29, 1.82) is 0 Å². The number of nitrogens with two attached hydrogens (primary N) is 1. The molecular formula is C14H13ClN2O. The van der Waals surface area contributed by atoms with E-state index >= 15 is 0 Å². The molecule has 2 rings (SSSR count). The zero-order valence-corrected chi connectivity index (χ0v) is 10.7. The minimum Gasteiger partial charge on any atom is -0.383 e. The number of aryl methyl sites for hydroxylation is 1. The predicted molar refractivity (Wildman–Crippen MR) is 72.9 cm³/mol. The first-order chi connectivity index (χ1) is 8.58. The molecule has 1 aromatic carbocycles. The van der Waals surface area contributed by atoms with Gasteiger partial charge in [0.15, 0.2) is 5.78 Å². The second kappa shape index (κ2) is 5.19. The second-order valence-electron chi connectivity index (χ2n) is 4.11. The van der Waals surface area contributed by atoms with Crippen LogP contribution in [0.5, 0.6) is 0 Å². The van der Waals surface area contributed by atoms with Gasteiger partial charge in [-0.2, -0.15) is 0 Å². The maximum absolute atomic E-state index is 12.2. The van der Waals surface area contributed by atoms with Crippen LogP contribution in [0.4, 0.5) is 5.82 Å². The van der Waals surface area contributed by atoms with Gasteiger partial charge in [0.2, 0.25) is 0 Å². The number of ketones is 1. The van der Waals surface area contributed by atoms with Gasteiger partial charge in [-0.25, -0.2) is 4.98 Å². The first-order valence-corrected chi connectivity index (χ1v) is 5.94. The van der Waals surface area contributed by atoms with Crippen molar-refractivity contribution in [1.82, 2.24) is 4.98 Å². The molecule has 92 valence electrons. The molecule has 0 fully saturated rings. The van der Waals surface area contributed by atoms with E-state index in [0.717, 1.165) is 11.1 Å². The van der Waals surface area contributed by atoms with E-state index in [1.807, 2.05) is 31.2 Å². The Kier molecular flexibility index (Phi) is 3.63. The number of halogens is 1. The second-order valence-corrected chi connectivity index (χ2v) is 4.55.